The van der Waals surface area contributed by atoms with E-state index in [2.05, 4.69) is 15.4 Å². The van der Waals surface area contributed by atoms with Gasteiger partial charge in [0.05, 0.1) is 24.0 Å². The molecule has 28 heavy (non-hydrogen) atoms. The maximum absolute atomic E-state index is 12.5. The first-order valence-corrected chi connectivity index (χ1v) is 8.89. The minimum atomic E-state index is -0.186. The molecule has 2 heterocycles. The maximum Gasteiger partial charge on any atom is 0.274 e. The first kappa shape index (κ1) is 17.7. The van der Waals surface area contributed by atoms with E-state index in [0.29, 0.717) is 23.2 Å². The Hall–Kier alpha value is -3.74. The van der Waals surface area contributed by atoms with Gasteiger partial charge >= 0.3 is 0 Å². The average molecular weight is 373 g/mol. The predicted octanol–water partition coefficient (Wildman–Crippen LogP) is 2.11. The molecule has 0 aliphatic carbocycles. The van der Waals surface area contributed by atoms with Crippen LogP contribution in [0.5, 0.6) is 0 Å². The molecule has 0 spiro atoms. The maximum atomic E-state index is 12.5. The highest BCUT2D eigenvalue weighted by Gasteiger charge is 2.11. The summed E-state index contributed by atoms with van der Waals surface area (Å²) in [6, 6.07) is 14.7. The second-order valence-corrected chi connectivity index (χ2v) is 6.54. The summed E-state index contributed by atoms with van der Waals surface area (Å²) in [4.78, 5) is 28.7. The molecule has 1 amide bonds. The smallest absolute Gasteiger partial charge is 0.274 e. The lowest BCUT2D eigenvalue weighted by atomic mass is 10.1. The Labute approximate surface area is 161 Å². The van der Waals surface area contributed by atoms with Crippen LogP contribution in [0.1, 0.15) is 21.6 Å². The number of nitrogens with one attached hydrogen (secondary N) is 1. The number of fused-ring (bicyclic) bond motifs is 1. The third-order valence-electron chi connectivity index (χ3n) is 4.59. The number of carbonyl (C=O) groups excluding carboxylic acids is 1. The van der Waals surface area contributed by atoms with Crippen molar-refractivity contribution in [2.24, 2.45) is 7.05 Å². The summed E-state index contributed by atoms with van der Waals surface area (Å²) in [7, 11) is 1.61. The molecular formula is C21H19N5O2. The van der Waals surface area contributed by atoms with E-state index in [1.807, 2.05) is 41.1 Å². The average Bonchev–Trinajstić information content (AvgIpc) is 3.23. The van der Waals surface area contributed by atoms with Gasteiger partial charge in [-0.05, 0) is 23.8 Å². The van der Waals surface area contributed by atoms with Gasteiger partial charge in [-0.2, -0.15) is 5.10 Å². The van der Waals surface area contributed by atoms with Gasteiger partial charge < -0.3 is 9.88 Å². The number of aromatic nitrogens is 4. The largest absolute Gasteiger partial charge is 0.346 e. The molecule has 0 bridgehead atoms. The van der Waals surface area contributed by atoms with Gasteiger partial charge in [-0.15, -0.1) is 0 Å². The van der Waals surface area contributed by atoms with Gasteiger partial charge in [0.2, 0.25) is 0 Å². The third kappa shape index (κ3) is 3.55. The zero-order chi connectivity index (χ0) is 19.5. The van der Waals surface area contributed by atoms with Crippen molar-refractivity contribution in [1.82, 2.24) is 24.6 Å². The number of rotatable bonds is 5. The first-order chi connectivity index (χ1) is 13.6. The molecule has 0 unspecified atom stereocenters. The van der Waals surface area contributed by atoms with E-state index < -0.39 is 0 Å². The van der Waals surface area contributed by atoms with E-state index in [1.54, 1.807) is 37.8 Å². The van der Waals surface area contributed by atoms with E-state index in [-0.39, 0.29) is 18.0 Å². The molecule has 0 saturated carbocycles. The Balaban J connectivity index is 1.48. The van der Waals surface area contributed by atoms with Gasteiger partial charge in [0.25, 0.3) is 11.5 Å². The standard InChI is InChI=1S/C21H19N5O2/c1-25-21(28)18-5-3-2-4-17(18)19(24-25)12-23-20(27)16-8-6-15(7-9-16)13-26-11-10-22-14-26/h2-11,14H,12-13H2,1H3,(H,23,27). The van der Waals surface area contributed by atoms with E-state index in [9.17, 15) is 9.59 Å². The number of hydrogen-bond acceptors (Lipinski definition) is 4. The molecule has 1 N–H and O–H groups in total. The Bertz CT molecular complexity index is 1180. The van der Waals surface area contributed by atoms with Gasteiger partial charge in [-0.25, -0.2) is 9.67 Å². The van der Waals surface area contributed by atoms with E-state index in [0.717, 1.165) is 10.9 Å². The van der Waals surface area contributed by atoms with Crippen molar-refractivity contribution in [3.8, 4) is 0 Å². The summed E-state index contributed by atoms with van der Waals surface area (Å²) in [6.07, 6.45) is 5.38. The molecular weight excluding hydrogens is 354 g/mol. The number of hydrogen-bond donors (Lipinski definition) is 1. The number of benzene rings is 2. The van der Waals surface area contributed by atoms with Crippen molar-refractivity contribution >= 4 is 16.7 Å². The highest BCUT2D eigenvalue weighted by molar-refractivity contribution is 5.94. The lowest BCUT2D eigenvalue weighted by molar-refractivity contribution is 0.0950. The van der Waals surface area contributed by atoms with Crippen molar-refractivity contribution in [2.45, 2.75) is 13.1 Å². The summed E-state index contributed by atoms with van der Waals surface area (Å²) < 4.78 is 3.26. The quantitative estimate of drug-likeness (QED) is 0.581. The Morgan fingerprint density at radius 1 is 1.07 bits per heavy atom. The van der Waals surface area contributed by atoms with Crippen LogP contribution in [0, 0.1) is 0 Å². The molecule has 0 aliphatic heterocycles. The molecule has 7 nitrogen and oxygen atoms in total. The SMILES string of the molecule is Cn1nc(CNC(=O)c2ccc(Cn3ccnc3)cc2)c2ccccc2c1=O. The molecule has 0 fully saturated rings. The molecule has 140 valence electrons. The number of aryl methyl sites for hydroxylation is 1. The topological polar surface area (TPSA) is 81.8 Å². The highest BCUT2D eigenvalue weighted by Crippen LogP contribution is 2.13. The lowest BCUT2D eigenvalue weighted by Crippen LogP contribution is -2.27. The normalized spacial score (nSPS) is 10.9. The first-order valence-electron chi connectivity index (χ1n) is 8.89. The van der Waals surface area contributed by atoms with Crippen molar-refractivity contribution in [3.63, 3.8) is 0 Å². The molecule has 2 aromatic carbocycles. The minimum absolute atomic E-state index is 0.154. The monoisotopic (exact) mass is 373 g/mol. The summed E-state index contributed by atoms with van der Waals surface area (Å²) in [5.41, 5.74) is 2.16. The molecule has 4 rings (SSSR count). The molecule has 0 radical (unpaired) electrons. The van der Waals surface area contributed by atoms with Crippen LogP contribution in [0.3, 0.4) is 0 Å². The summed E-state index contributed by atoms with van der Waals surface area (Å²) in [6.45, 7) is 0.945. The Kier molecular flexibility index (Phi) is 4.72. The molecule has 4 aromatic rings. The molecule has 0 aliphatic rings. The van der Waals surface area contributed by atoms with Gasteiger partial charge in [0.15, 0.2) is 0 Å². The number of amides is 1. The van der Waals surface area contributed by atoms with Crippen LogP contribution in [-0.4, -0.2) is 25.2 Å². The Morgan fingerprint density at radius 2 is 1.82 bits per heavy atom. The zero-order valence-electron chi connectivity index (χ0n) is 15.4. The summed E-state index contributed by atoms with van der Waals surface area (Å²) >= 11 is 0. The number of carbonyl (C=O) groups is 1. The van der Waals surface area contributed by atoms with Crippen LogP contribution in [0.2, 0.25) is 0 Å². The van der Waals surface area contributed by atoms with Crippen LogP contribution in [0.15, 0.2) is 72.0 Å². The van der Waals surface area contributed by atoms with Crippen LogP contribution in [0.25, 0.3) is 10.8 Å². The van der Waals surface area contributed by atoms with Crippen molar-refractivity contribution in [2.75, 3.05) is 0 Å². The molecule has 0 atom stereocenters. The Morgan fingerprint density at radius 3 is 2.54 bits per heavy atom. The fourth-order valence-electron chi connectivity index (χ4n) is 3.13. The van der Waals surface area contributed by atoms with Crippen molar-refractivity contribution < 1.29 is 4.79 Å². The number of nitrogens with zero attached hydrogens (tertiary/aromatic N) is 4. The molecule has 2 aromatic heterocycles. The second-order valence-electron chi connectivity index (χ2n) is 6.54. The van der Waals surface area contributed by atoms with Crippen LogP contribution >= 0.6 is 0 Å². The predicted molar refractivity (Wildman–Crippen MR) is 106 cm³/mol. The van der Waals surface area contributed by atoms with Crippen LogP contribution < -0.4 is 10.9 Å². The van der Waals surface area contributed by atoms with Gasteiger partial charge in [0.1, 0.15) is 0 Å². The highest BCUT2D eigenvalue weighted by atomic mass is 16.1. The van der Waals surface area contributed by atoms with Crippen LogP contribution in [0.4, 0.5) is 0 Å². The number of imidazole rings is 1. The second kappa shape index (κ2) is 7.48. The summed E-state index contributed by atoms with van der Waals surface area (Å²) in [5, 5.41) is 8.53. The van der Waals surface area contributed by atoms with Crippen molar-refractivity contribution in [1.29, 1.82) is 0 Å². The molecule has 0 saturated heterocycles. The zero-order valence-corrected chi connectivity index (χ0v) is 15.4. The van der Waals surface area contributed by atoms with E-state index in [4.69, 9.17) is 0 Å². The fourth-order valence-corrected chi connectivity index (χ4v) is 3.13. The van der Waals surface area contributed by atoms with Gasteiger partial charge in [0, 0.05) is 36.9 Å². The van der Waals surface area contributed by atoms with Gasteiger partial charge in [-0.3, -0.25) is 9.59 Å². The van der Waals surface area contributed by atoms with Crippen molar-refractivity contribution in [3.05, 3.63) is 94.4 Å². The van der Waals surface area contributed by atoms with Crippen LogP contribution in [-0.2, 0) is 20.1 Å². The van der Waals surface area contributed by atoms with Gasteiger partial charge in [-0.1, -0.05) is 30.3 Å². The lowest BCUT2D eigenvalue weighted by Gasteiger charge is -2.10. The minimum Gasteiger partial charge on any atom is -0.346 e. The fraction of sp³-hybridized carbons (Fsp3) is 0.143. The third-order valence-corrected chi connectivity index (χ3v) is 4.59. The van der Waals surface area contributed by atoms with E-state index >= 15 is 0 Å². The van der Waals surface area contributed by atoms with E-state index in [1.165, 1.54) is 4.68 Å². The summed E-state index contributed by atoms with van der Waals surface area (Å²) in [5.74, 6) is -0.186. The molecule has 7 heteroatoms.